The molecule has 0 radical (unpaired) electrons. The van der Waals surface area contributed by atoms with Crippen LogP contribution in [-0.2, 0) is 17.6 Å². The van der Waals surface area contributed by atoms with Gasteiger partial charge in [-0.05, 0) is 48.9 Å². The number of benzene rings is 1. The van der Waals surface area contributed by atoms with Crippen LogP contribution in [0.4, 0.5) is 5.13 Å². The Morgan fingerprint density at radius 2 is 2.25 bits per heavy atom. The number of thioether (sulfide) groups is 1. The second-order valence-electron chi connectivity index (χ2n) is 7.04. The largest absolute Gasteiger partial charge is 0.302 e. The fraction of sp³-hybridized carbons (Fsp3) is 0.333. The van der Waals surface area contributed by atoms with Gasteiger partial charge in [-0.1, -0.05) is 30.4 Å². The lowest BCUT2D eigenvalue weighted by atomic mass is 9.87. The molecular formula is C21H20N4OS2. The smallest absolute Gasteiger partial charge is 0.226 e. The Kier molecular flexibility index (Phi) is 5.60. The molecule has 1 aliphatic carbocycles. The van der Waals surface area contributed by atoms with Gasteiger partial charge in [0.15, 0.2) is 5.13 Å². The number of aromatic nitrogens is 2. The van der Waals surface area contributed by atoms with E-state index in [0.29, 0.717) is 28.8 Å². The van der Waals surface area contributed by atoms with Crippen LogP contribution in [0, 0.1) is 17.2 Å². The number of rotatable bonds is 5. The molecule has 1 aliphatic rings. The topological polar surface area (TPSA) is 78.7 Å². The molecule has 1 aromatic carbocycles. The summed E-state index contributed by atoms with van der Waals surface area (Å²) in [5.74, 6) is 1.15. The molecule has 28 heavy (non-hydrogen) atoms. The molecule has 4 rings (SSSR count). The van der Waals surface area contributed by atoms with Crippen LogP contribution in [0.2, 0.25) is 0 Å². The number of anilines is 1. The number of fused-ring (bicyclic) bond motifs is 2. The zero-order valence-electron chi connectivity index (χ0n) is 15.6. The van der Waals surface area contributed by atoms with Crippen LogP contribution in [-0.4, -0.2) is 21.6 Å². The van der Waals surface area contributed by atoms with Crippen molar-refractivity contribution in [3.63, 3.8) is 0 Å². The van der Waals surface area contributed by atoms with E-state index >= 15 is 0 Å². The molecule has 5 nitrogen and oxygen atoms in total. The fourth-order valence-corrected chi connectivity index (χ4v) is 5.16. The number of para-hydroxylation sites is 1. The molecule has 0 bridgehead atoms. The molecule has 2 heterocycles. The Bertz CT molecular complexity index is 1040. The minimum absolute atomic E-state index is 0.0724. The van der Waals surface area contributed by atoms with Crippen LogP contribution < -0.4 is 5.32 Å². The molecule has 1 unspecified atom stereocenters. The second-order valence-corrected chi connectivity index (χ2v) is 9.15. The molecule has 1 atom stereocenters. The summed E-state index contributed by atoms with van der Waals surface area (Å²) in [7, 11) is 0. The maximum Gasteiger partial charge on any atom is 0.226 e. The van der Waals surface area contributed by atoms with E-state index < -0.39 is 0 Å². The first-order valence-corrected chi connectivity index (χ1v) is 11.1. The van der Waals surface area contributed by atoms with Crippen molar-refractivity contribution >= 4 is 44.4 Å². The molecule has 0 saturated carbocycles. The zero-order chi connectivity index (χ0) is 19.5. The highest BCUT2D eigenvalue weighted by molar-refractivity contribution is 7.99. The van der Waals surface area contributed by atoms with E-state index in [1.54, 1.807) is 0 Å². The summed E-state index contributed by atoms with van der Waals surface area (Å²) in [6.07, 6.45) is 3.45. The highest BCUT2D eigenvalue weighted by atomic mass is 32.2. The normalized spacial score (nSPS) is 15.8. The molecule has 0 aliphatic heterocycles. The van der Waals surface area contributed by atoms with Gasteiger partial charge >= 0.3 is 0 Å². The van der Waals surface area contributed by atoms with E-state index in [1.165, 1.54) is 28.7 Å². The van der Waals surface area contributed by atoms with E-state index in [1.807, 2.05) is 30.3 Å². The quantitative estimate of drug-likeness (QED) is 0.613. The number of amides is 1. The van der Waals surface area contributed by atoms with Gasteiger partial charge in [0.25, 0.3) is 0 Å². The molecule has 0 saturated heterocycles. The lowest BCUT2D eigenvalue weighted by Gasteiger charge is -2.21. The van der Waals surface area contributed by atoms with Gasteiger partial charge in [0, 0.05) is 17.9 Å². The summed E-state index contributed by atoms with van der Waals surface area (Å²) in [4.78, 5) is 21.4. The van der Waals surface area contributed by atoms with Crippen LogP contribution in [0.3, 0.4) is 0 Å². The van der Waals surface area contributed by atoms with Crippen molar-refractivity contribution in [2.45, 2.75) is 37.6 Å². The number of hydrogen-bond donors (Lipinski definition) is 1. The number of hydrogen-bond acceptors (Lipinski definition) is 6. The summed E-state index contributed by atoms with van der Waals surface area (Å²) in [6, 6.07) is 12.1. The summed E-state index contributed by atoms with van der Waals surface area (Å²) in [5, 5.41) is 13.7. The predicted molar refractivity (Wildman–Crippen MR) is 114 cm³/mol. The first-order chi connectivity index (χ1) is 13.6. The van der Waals surface area contributed by atoms with Gasteiger partial charge in [0.1, 0.15) is 11.1 Å². The lowest BCUT2D eigenvalue weighted by Crippen LogP contribution is -2.14. The minimum atomic E-state index is -0.0724. The molecule has 3 aromatic rings. The minimum Gasteiger partial charge on any atom is -0.302 e. The standard InChI is InChI=1S/C21H20N4OS2/c1-13-6-7-16-14(10-13)11-15(12-22)20(23-16)27-9-8-19(26)25-21-24-17-4-2-3-5-18(17)28-21/h2-5,11,13H,6-10H2,1H3,(H,24,25,26). The molecule has 142 valence electrons. The fourth-order valence-electron chi connectivity index (χ4n) is 3.37. The maximum atomic E-state index is 12.3. The molecule has 2 aromatic heterocycles. The second kappa shape index (κ2) is 8.29. The third-order valence-electron chi connectivity index (χ3n) is 4.83. The van der Waals surface area contributed by atoms with Gasteiger partial charge in [-0.15, -0.1) is 11.8 Å². The number of thiazole rings is 1. The predicted octanol–water partition coefficient (Wildman–Crippen LogP) is 4.81. The Morgan fingerprint density at radius 3 is 3.07 bits per heavy atom. The van der Waals surface area contributed by atoms with Crippen LogP contribution in [0.25, 0.3) is 10.2 Å². The van der Waals surface area contributed by atoms with Crippen molar-refractivity contribution in [3.8, 4) is 6.07 Å². The molecule has 0 fully saturated rings. The highest BCUT2D eigenvalue weighted by Gasteiger charge is 2.19. The van der Waals surface area contributed by atoms with E-state index in [0.717, 1.165) is 40.2 Å². The Morgan fingerprint density at radius 1 is 1.39 bits per heavy atom. The molecule has 7 heteroatoms. The van der Waals surface area contributed by atoms with Gasteiger partial charge in [0.2, 0.25) is 5.91 Å². The van der Waals surface area contributed by atoms with E-state index in [-0.39, 0.29) is 5.91 Å². The number of carbonyl (C=O) groups excluding carboxylic acids is 1. The number of aryl methyl sites for hydroxylation is 1. The van der Waals surface area contributed by atoms with Crippen LogP contribution >= 0.6 is 23.1 Å². The summed E-state index contributed by atoms with van der Waals surface area (Å²) >= 11 is 2.95. The maximum absolute atomic E-state index is 12.3. The van der Waals surface area contributed by atoms with Gasteiger partial charge in [0.05, 0.1) is 15.8 Å². The van der Waals surface area contributed by atoms with Gasteiger partial charge < -0.3 is 5.32 Å². The number of pyridine rings is 1. The third-order valence-corrected chi connectivity index (χ3v) is 6.77. The van der Waals surface area contributed by atoms with Crippen LogP contribution in [0.15, 0.2) is 35.4 Å². The zero-order valence-corrected chi connectivity index (χ0v) is 17.2. The van der Waals surface area contributed by atoms with Gasteiger partial charge in [-0.3, -0.25) is 4.79 Å². The van der Waals surface area contributed by atoms with Crippen molar-refractivity contribution in [3.05, 3.63) is 47.2 Å². The number of nitriles is 1. The average Bonchev–Trinajstić information content (AvgIpc) is 3.09. The number of nitrogens with zero attached hydrogens (tertiary/aromatic N) is 3. The Balaban J connectivity index is 1.36. The van der Waals surface area contributed by atoms with Crippen LogP contribution in [0.5, 0.6) is 0 Å². The highest BCUT2D eigenvalue weighted by Crippen LogP contribution is 2.30. The van der Waals surface area contributed by atoms with E-state index in [9.17, 15) is 10.1 Å². The Hall–Kier alpha value is -2.43. The monoisotopic (exact) mass is 408 g/mol. The van der Waals surface area contributed by atoms with Crippen molar-refractivity contribution < 1.29 is 4.79 Å². The number of carbonyl (C=O) groups is 1. The average molecular weight is 409 g/mol. The van der Waals surface area contributed by atoms with Crippen molar-refractivity contribution in [1.29, 1.82) is 5.26 Å². The van der Waals surface area contributed by atoms with Crippen molar-refractivity contribution in [1.82, 2.24) is 9.97 Å². The summed E-state index contributed by atoms with van der Waals surface area (Å²) < 4.78 is 1.05. The molecular weight excluding hydrogens is 388 g/mol. The molecule has 1 amide bonds. The van der Waals surface area contributed by atoms with Crippen LogP contribution in [0.1, 0.15) is 36.6 Å². The molecule has 0 spiro atoms. The first kappa shape index (κ1) is 18.9. The van der Waals surface area contributed by atoms with Gasteiger partial charge in [-0.25, -0.2) is 9.97 Å². The van der Waals surface area contributed by atoms with Crippen molar-refractivity contribution in [2.24, 2.45) is 5.92 Å². The van der Waals surface area contributed by atoms with E-state index in [4.69, 9.17) is 4.98 Å². The van der Waals surface area contributed by atoms with Crippen molar-refractivity contribution in [2.75, 3.05) is 11.1 Å². The molecule has 1 N–H and O–H groups in total. The third kappa shape index (κ3) is 4.18. The van der Waals surface area contributed by atoms with E-state index in [2.05, 4.69) is 23.3 Å². The SMILES string of the molecule is CC1CCc2nc(SCCC(=O)Nc3nc4ccccc4s3)c(C#N)cc2C1. The Labute approximate surface area is 172 Å². The summed E-state index contributed by atoms with van der Waals surface area (Å²) in [6.45, 7) is 2.24. The summed E-state index contributed by atoms with van der Waals surface area (Å²) in [5.41, 5.74) is 3.82. The lowest BCUT2D eigenvalue weighted by molar-refractivity contribution is -0.115. The number of nitrogens with one attached hydrogen (secondary N) is 1. The first-order valence-electron chi connectivity index (χ1n) is 9.33. The van der Waals surface area contributed by atoms with Gasteiger partial charge in [-0.2, -0.15) is 5.26 Å².